The zero-order chi connectivity index (χ0) is 20.9. The summed E-state index contributed by atoms with van der Waals surface area (Å²) in [6.07, 6.45) is 4.09. The van der Waals surface area contributed by atoms with Crippen LogP contribution in [0.4, 0.5) is 5.69 Å². The van der Waals surface area contributed by atoms with Gasteiger partial charge in [-0.25, -0.2) is 0 Å². The zero-order valence-electron chi connectivity index (χ0n) is 16.9. The van der Waals surface area contributed by atoms with E-state index in [2.05, 4.69) is 15.5 Å². The Morgan fingerprint density at radius 2 is 1.62 bits per heavy atom. The molecule has 1 heterocycles. The van der Waals surface area contributed by atoms with Gasteiger partial charge in [-0.3, -0.25) is 14.4 Å². The summed E-state index contributed by atoms with van der Waals surface area (Å²) in [5, 5.41) is 6.31. The van der Waals surface area contributed by atoms with E-state index in [1.165, 1.54) is 6.92 Å². The van der Waals surface area contributed by atoms with Crippen LogP contribution in [0.3, 0.4) is 0 Å². The Balaban J connectivity index is 1.49. The van der Waals surface area contributed by atoms with Gasteiger partial charge in [0.25, 0.3) is 0 Å². The Labute approximate surface area is 176 Å². The van der Waals surface area contributed by atoms with E-state index in [-0.39, 0.29) is 24.3 Å². The minimum absolute atomic E-state index is 0.0406. The number of amides is 3. The number of anilines is 1. The second-order valence-corrected chi connectivity index (χ2v) is 8.29. The molecule has 1 aromatic rings. The van der Waals surface area contributed by atoms with Crippen molar-refractivity contribution < 1.29 is 14.4 Å². The van der Waals surface area contributed by atoms with Gasteiger partial charge < -0.3 is 20.4 Å². The average molecular weight is 421 g/mol. The molecule has 158 valence electrons. The highest BCUT2D eigenvalue weighted by molar-refractivity contribution is 6.30. The Morgan fingerprint density at radius 3 is 2.21 bits per heavy atom. The van der Waals surface area contributed by atoms with Crippen molar-refractivity contribution in [2.24, 2.45) is 0 Å². The summed E-state index contributed by atoms with van der Waals surface area (Å²) in [6.45, 7) is 4.06. The van der Waals surface area contributed by atoms with Crippen molar-refractivity contribution in [3.05, 3.63) is 29.3 Å². The molecule has 3 rings (SSSR count). The van der Waals surface area contributed by atoms with Gasteiger partial charge in [0, 0.05) is 43.8 Å². The van der Waals surface area contributed by atoms with Crippen LogP contribution in [0.25, 0.3) is 0 Å². The number of rotatable bonds is 5. The first-order valence-electron chi connectivity index (χ1n) is 10.2. The van der Waals surface area contributed by atoms with Crippen LogP contribution in [0.2, 0.25) is 5.02 Å². The molecule has 2 N–H and O–H groups in total. The minimum Gasteiger partial charge on any atom is -0.368 e. The maximum Gasteiger partial charge on any atom is 0.246 e. The highest BCUT2D eigenvalue weighted by atomic mass is 35.5. The predicted molar refractivity (Wildman–Crippen MR) is 113 cm³/mol. The lowest BCUT2D eigenvalue weighted by molar-refractivity contribution is -0.137. The molecule has 1 aliphatic heterocycles. The van der Waals surface area contributed by atoms with Crippen LogP contribution in [0.1, 0.15) is 39.0 Å². The van der Waals surface area contributed by atoms with Gasteiger partial charge in [0.1, 0.15) is 5.54 Å². The van der Waals surface area contributed by atoms with Crippen LogP contribution in [0, 0.1) is 0 Å². The first kappa shape index (κ1) is 21.4. The highest BCUT2D eigenvalue weighted by Crippen LogP contribution is 2.28. The molecule has 2 fully saturated rings. The van der Waals surface area contributed by atoms with Crippen LogP contribution in [0.5, 0.6) is 0 Å². The van der Waals surface area contributed by atoms with Crippen LogP contribution in [-0.2, 0) is 14.4 Å². The monoisotopic (exact) mass is 420 g/mol. The van der Waals surface area contributed by atoms with E-state index in [1.807, 2.05) is 24.3 Å². The number of halogens is 1. The van der Waals surface area contributed by atoms with Gasteiger partial charge in [0.05, 0.1) is 6.54 Å². The third-order valence-corrected chi connectivity index (χ3v) is 6.03. The summed E-state index contributed by atoms with van der Waals surface area (Å²) < 4.78 is 0. The molecular weight excluding hydrogens is 392 g/mol. The normalized spacial score (nSPS) is 18.8. The van der Waals surface area contributed by atoms with Crippen LogP contribution < -0.4 is 15.5 Å². The summed E-state index contributed by atoms with van der Waals surface area (Å²) in [5.41, 5.74) is 0.210. The summed E-state index contributed by atoms with van der Waals surface area (Å²) in [5.74, 6) is -0.560. The van der Waals surface area contributed by atoms with Gasteiger partial charge in [-0.2, -0.15) is 0 Å². The molecule has 0 aromatic heterocycles. The second kappa shape index (κ2) is 9.48. The summed E-state index contributed by atoms with van der Waals surface area (Å²) in [4.78, 5) is 41.0. The number of piperazine rings is 1. The standard InChI is InChI=1S/C21H29ClN4O3/c1-16(27)24-21(9-3-2-4-10-21)20(29)23-15-19(28)26-13-11-25(12-14-26)18-7-5-17(22)6-8-18/h5-8H,2-4,9-15H2,1H3,(H,23,29)(H,24,27). The van der Waals surface area contributed by atoms with E-state index in [1.54, 1.807) is 4.90 Å². The summed E-state index contributed by atoms with van der Waals surface area (Å²) in [7, 11) is 0. The SMILES string of the molecule is CC(=O)NC1(C(=O)NCC(=O)N2CCN(c3ccc(Cl)cc3)CC2)CCCCC1. The van der Waals surface area contributed by atoms with E-state index < -0.39 is 5.54 Å². The average Bonchev–Trinajstić information content (AvgIpc) is 2.72. The van der Waals surface area contributed by atoms with Gasteiger partial charge in [0.2, 0.25) is 17.7 Å². The van der Waals surface area contributed by atoms with E-state index in [4.69, 9.17) is 11.6 Å². The number of carbonyl (C=O) groups excluding carboxylic acids is 3. The van der Waals surface area contributed by atoms with Crippen molar-refractivity contribution in [2.45, 2.75) is 44.6 Å². The number of carbonyl (C=O) groups is 3. The van der Waals surface area contributed by atoms with Crippen LogP contribution in [-0.4, -0.2) is 60.9 Å². The minimum atomic E-state index is -0.877. The lowest BCUT2D eigenvalue weighted by atomic mass is 9.80. The molecule has 3 amide bonds. The lowest BCUT2D eigenvalue weighted by Gasteiger charge is -2.37. The highest BCUT2D eigenvalue weighted by Gasteiger charge is 2.40. The van der Waals surface area contributed by atoms with Crippen molar-refractivity contribution in [3.63, 3.8) is 0 Å². The predicted octanol–water partition coefficient (Wildman–Crippen LogP) is 1.94. The smallest absolute Gasteiger partial charge is 0.246 e. The maximum atomic E-state index is 12.8. The molecular formula is C21H29ClN4O3. The fraction of sp³-hybridized carbons (Fsp3) is 0.571. The largest absolute Gasteiger partial charge is 0.368 e. The van der Waals surface area contributed by atoms with E-state index in [0.717, 1.165) is 38.0 Å². The molecule has 0 spiro atoms. The molecule has 1 aliphatic carbocycles. The molecule has 1 saturated heterocycles. The van der Waals surface area contributed by atoms with Crippen molar-refractivity contribution in [3.8, 4) is 0 Å². The van der Waals surface area contributed by atoms with Crippen molar-refractivity contribution >= 4 is 35.0 Å². The van der Waals surface area contributed by atoms with E-state index in [9.17, 15) is 14.4 Å². The molecule has 0 bridgehead atoms. The van der Waals surface area contributed by atoms with E-state index in [0.29, 0.717) is 31.0 Å². The molecule has 0 atom stereocenters. The van der Waals surface area contributed by atoms with Gasteiger partial charge in [-0.1, -0.05) is 30.9 Å². The fourth-order valence-electron chi connectivity index (χ4n) is 4.20. The van der Waals surface area contributed by atoms with Gasteiger partial charge in [-0.15, -0.1) is 0 Å². The quantitative estimate of drug-likeness (QED) is 0.762. The summed E-state index contributed by atoms with van der Waals surface area (Å²) in [6, 6.07) is 7.68. The number of nitrogens with one attached hydrogen (secondary N) is 2. The van der Waals surface area contributed by atoms with Gasteiger partial charge in [0.15, 0.2) is 0 Å². The number of benzene rings is 1. The second-order valence-electron chi connectivity index (χ2n) is 7.85. The van der Waals surface area contributed by atoms with E-state index >= 15 is 0 Å². The van der Waals surface area contributed by atoms with Crippen molar-refractivity contribution in [1.29, 1.82) is 0 Å². The van der Waals surface area contributed by atoms with Crippen LogP contribution in [0.15, 0.2) is 24.3 Å². The third-order valence-electron chi connectivity index (χ3n) is 5.78. The molecule has 1 saturated carbocycles. The first-order chi connectivity index (χ1) is 13.9. The molecule has 0 radical (unpaired) electrons. The maximum absolute atomic E-state index is 12.8. The van der Waals surface area contributed by atoms with Crippen molar-refractivity contribution in [1.82, 2.24) is 15.5 Å². The Hall–Kier alpha value is -2.28. The topological polar surface area (TPSA) is 81.8 Å². The number of hydrogen-bond acceptors (Lipinski definition) is 4. The Morgan fingerprint density at radius 1 is 1.00 bits per heavy atom. The molecule has 7 nitrogen and oxygen atoms in total. The zero-order valence-corrected chi connectivity index (χ0v) is 17.6. The molecule has 1 aromatic carbocycles. The number of hydrogen-bond donors (Lipinski definition) is 2. The molecule has 29 heavy (non-hydrogen) atoms. The molecule has 2 aliphatic rings. The summed E-state index contributed by atoms with van der Waals surface area (Å²) >= 11 is 5.94. The molecule has 0 unspecified atom stereocenters. The third kappa shape index (κ3) is 5.41. The van der Waals surface area contributed by atoms with Crippen molar-refractivity contribution in [2.75, 3.05) is 37.6 Å². The van der Waals surface area contributed by atoms with Crippen LogP contribution >= 0.6 is 11.6 Å². The first-order valence-corrected chi connectivity index (χ1v) is 10.6. The van der Waals surface area contributed by atoms with Gasteiger partial charge >= 0.3 is 0 Å². The fourth-order valence-corrected chi connectivity index (χ4v) is 4.33. The van der Waals surface area contributed by atoms with Gasteiger partial charge in [-0.05, 0) is 37.1 Å². The Bertz CT molecular complexity index is 739. The molecule has 8 heteroatoms. The lowest BCUT2D eigenvalue weighted by Crippen LogP contribution is -2.60. The Kier molecular flexibility index (Phi) is 7.00. The number of nitrogens with zero attached hydrogens (tertiary/aromatic N) is 2.